The Morgan fingerprint density at radius 2 is 1.75 bits per heavy atom. The van der Waals surface area contributed by atoms with Crippen LogP contribution in [0.1, 0.15) is 56.9 Å². The van der Waals surface area contributed by atoms with Crippen LogP contribution in [0.25, 0.3) is 0 Å². The molecule has 28 heavy (non-hydrogen) atoms. The van der Waals surface area contributed by atoms with Gasteiger partial charge in [-0.2, -0.15) is 0 Å². The largest absolute Gasteiger partial charge is 0.390 e. The van der Waals surface area contributed by atoms with E-state index in [2.05, 4.69) is 22.3 Å². The van der Waals surface area contributed by atoms with E-state index in [1.807, 2.05) is 12.1 Å². The highest BCUT2D eigenvalue weighted by atomic mass is 35.5. The van der Waals surface area contributed by atoms with Crippen LogP contribution < -0.4 is 5.32 Å². The number of nitrogens with one attached hydrogen (secondary N) is 1. The van der Waals surface area contributed by atoms with Crippen molar-refractivity contribution < 1.29 is 9.90 Å². The van der Waals surface area contributed by atoms with E-state index in [1.165, 1.54) is 12.0 Å². The summed E-state index contributed by atoms with van der Waals surface area (Å²) in [5, 5.41) is 15.1. The maximum Gasteiger partial charge on any atom is 0.226 e. The van der Waals surface area contributed by atoms with Gasteiger partial charge in [-0.05, 0) is 80.9 Å². The summed E-state index contributed by atoms with van der Waals surface area (Å²) in [6, 6.07) is 8.35. The normalized spacial score (nSPS) is 37.9. The molecule has 5 fully saturated rings. The highest BCUT2D eigenvalue weighted by Gasteiger charge is 2.60. The van der Waals surface area contributed by atoms with E-state index >= 15 is 0 Å². The fourth-order valence-electron chi connectivity index (χ4n) is 6.90. The number of aliphatic hydroxyl groups is 1. The molecule has 0 spiro atoms. The molecule has 0 aromatic heterocycles. The third-order valence-corrected chi connectivity index (χ3v) is 8.01. The maximum atomic E-state index is 13.3. The zero-order valence-electron chi connectivity index (χ0n) is 16.5. The van der Waals surface area contributed by atoms with Gasteiger partial charge in [0.15, 0.2) is 0 Å². The number of hydrogen-bond donors (Lipinski definition) is 2. The van der Waals surface area contributed by atoms with Crippen molar-refractivity contribution in [2.24, 2.45) is 17.3 Å². The summed E-state index contributed by atoms with van der Waals surface area (Å²) in [4.78, 5) is 15.7. The molecular formula is C23H31ClN2O2. The highest BCUT2D eigenvalue weighted by Crippen LogP contribution is 2.61. The first-order chi connectivity index (χ1) is 13.4. The Labute approximate surface area is 172 Å². The van der Waals surface area contributed by atoms with Crippen LogP contribution in [0.5, 0.6) is 0 Å². The van der Waals surface area contributed by atoms with Crippen LogP contribution in [-0.2, 0) is 11.3 Å². The van der Waals surface area contributed by atoms with E-state index in [9.17, 15) is 9.90 Å². The van der Waals surface area contributed by atoms with Gasteiger partial charge in [0, 0.05) is 30.7 Å². The van der Waals surface area contributed by atoms with Crippen molar-refractivity contribution in [1.29, 1.82) is 0 Å². The molecule has 6 rings (SSSR count). The number of rotatable bonds is 4. The molecule has 1 aromatic rings. The Kier molecular flexibility index (Phi) is 4.72. The second-order valence-corrected chi connectivity index (χ2v) is 10.6. The predicted octanol–water partition coefficient (Wildman–Crippen LogP) is 3.75. The zero-order chi connectivity index (χ0) is 19.4. The summed E-state index contributed by atoms with van der Waals surface area (Å²) in [5.74, 6) is 1.34. The highest BCUT2D eigenvalue weighted by molar-refractivity contribution is 6.30. The Morgan fingerprint density at radius 1 is 1.11 bits per heavy atom. The van der Waals surface area contributed by atoms with Gasteiger partial charge in [0.05, 0.1) is 11.0 Å². The standard InChI is InChI=1S/C23H31ClN2O2/c24-19-3-1-16(2-4-19)14-26-7-5-20(6-8-26)25-21(27)22-10-17-9-18(11-22)13-23(28,12-17)15-22/h1-4,17-18,20,28H,5-15H2,(H,25,27). The van der Waals surface area contributed by atoms with Crippen molar-refractivity contribution in [3.8, 4) is 0 Å². The molecule has 1 aromatic carbocycles. The number of amides is 1. The van der Waals surface area contributed by atoms with Gasteiger partial charge < -0.3 is 10.4 Å². The van der Waals surface area contributed by atoms with Crippen molar-refractivity contribution in [2.75, 3.05) is 13.1 Å². The Bertz CT molecular complexity index is 727. The van der Waals surface area contributed by atoms with Crippen molar-refractivity contribution in [2.45, 2.75) is 69.6 Å². The number of nitrogens with zero attached hydrogens (tertiary/aromatic N) is 1. The van der Waals surface area contributed by atoms with Gasteiger partial charge in [-0.15, -0.1) is 0 Å². The number of carbonyl (C=O) groups excluding carboxylic acids is 1. The molecule has 4 aliphatic carbocycles. The minimum absolute atomic E-state index is 0.233. The quantitative estimate of drug-likeness (QED) is 0.806. The molecule has 2 atom stereocenters. The van der Waals surface area contributed by atoms with Crippen molar-refractivity contribution in [1.82, 2.24) is 10.2 Å². The predicted molar refractivity (Wildman–Crippen MR) is 110 cm³/mol. The van der Waals surface area contributed by atoms with E-state index in [0.29, 0.717) is 18.3 Å². The van der Waals surface area contributed by atoms with E-state index in [1.54, 1.807) is 0 Å². The van der Waals surface area contributed by atoms with Gasteiger partial charge in [0.25, 0.3) is 0 Å². The molecule has 0 radical (unpaired) electrons. The summed E-state index contributed by atoms with van der Waals surface area (Å²) in [5.41, 5.74) is 0.427. The fraction of sp³-hybridized carbons (Fsp3) is 0.696. The molecular weight excluding hydrogens is 372 g/mol. The smallest absolute Gasteiger partial charge is 0.226 e. The Balaban J connectivity index is 1.16. The zero-order valence-corrected chi connectivity index (χ0v) is 17.3. The van der Waals surface area contributed by atoms with Crippen LogP contribution >= 0.6 is 11.6 Å². The fourth-order valence-corrected chi connectivity index (χ4v) is 7.03. The molecule has 2 unspecified atom stereocenters. The monoisotopic (exact) mass is 402 g/mol. The SMILES string of the molecule is O=C(NC1CCN(Cc2ccc(Cl)cc2)CC1)C12CC3CC(CC(O)(C3)C1)C2. The first kappa shape index (κ1) is 18.9. The topological polar surface area (TPSA) is 52.6 Å². The van der Waals surface area contributed by atoms with Gasteiger partial charge in [-0.3, -0.25) is 9.69 Å². The first-order valence-electron chi connectivity index (χ1n) is 10.9. The van der Waals surface area contributed by atoms with Crippen molar-refractivity contribution >= 4 is 17.5 Å². The van der Waals surface area contributed by atoms with Crippen LogP contribution in [0.2, 0.25) is 5.02 Å². The number of piperidine rings is 1. The first-order valence-corrected chi connectivity index (χ1v) is 11.3. The lowest BCUT2D eigenvalue weighted by molar-refractivity contribution is -0.178. The molecule has 5 heteroatoms. The lowest BCUT2D eigenvalue weighted by Gasteiger charge is -2.59. The van der Waals surface area contributed by atoms with Gasteiger partial charge in [-0.25, -0.2) is 0 Å². The summed E-state index contributed by atoms with van der Waals surface area (Å²) < 4.78 is 0. The number of halogens is 1. The maximum absolute atomic E-state index is 13.3. The third-order valence-electron chi connectivity index (χ3n) is 7.75. The molecule has 1 heterocycles. The van der Waals surface area contributed by atoms with E-state index in [0.717, 1.165) is 63.2 Å². The molecule has 2 N–H and O–H groups in total. The van der Waals surface area contributed by atoms with Crippen molar-refractivity contribution in [3.63, 3.8) is 0 Å². The number of carbonyl (C=O) groups is 1. The van der Waals surface area contributed by atoms with Crippen molar-refractivity contribution in [3.05, 3.63) is 34.9 Å². The van der Waals surface area contributed by atoms with Gasteiger partial charge in [-0.1, -0.05) is 23.7 Å². The Hall–Kier alpha value is -1.10. The molecule has 4 nitrogen and oxygen atoms in total. The van der Waals surface area contributed by atoms with Gasteiger partial charge in [0.1, 0.15) is 0 Å². The second kappa shape index (κ2) is 7.00. The summed E-state index contributed by atoms with van der Waals surface area (Å²) in [6.07, 6.45) is 7.75. The van der Waals surface area contributed by atoms with E-state index in [-0.39, 0.29) is 17.4 Å². The van der Waals surface area contributed by atoms with Crippen LogP contribution in [0.4, 0.5) is 0 Å². The second-order valence-electron chi connectivity index (χ2n) is 10.1. The minimum atomic E-state index is -0.566. The lowest BCUT2D eigenvalue weighted by Crippen LogP contribution is -2.61. The molecule has 4 bridgehead atoms. The molecule has 4 saturated carbocycles. The third kappa shape index (κ3) is 3.59. The average Bonchev–Trinajstić information content (AvgIpc) is 2.63. The number of likely N-dealkylation sites (tertiary alicyclic amines) is 1. The van der Waals surface area contributed by atoms with Crippen LogP contribution in [0.3, 0.4) is 0 Å². The Morgan fingerprint density at radius 3 is 2.36 bits per heavy atom. The number of benzene rings is 1. The van der Waals surface area contributed by atoms with Crippen LogP contribution in [-0.4, -0.2) is 40.6 Å². The summed E-state index contributed by atoms with van der Waals surface area (Å²) in [7, 11) is 0. The number of hydrogen-bond acceptors (Lipinski definition) is 3. The summed E-state index contributed by atoms with van der Waals surface area (Å²) >= 11 is 5.97. The van der Waals surface area contributed by atoms with E-state index < -0.39 is 5.60 Å². The molecule has 5 aliphatic rings. The van der Waals surface area contributed by atoms with Crippen LogP contribution in [0, 0.1) is 17.3 Å². The van der Waals surface area contributed by atoms with Gasteiger partial charge in [0.2, 0.25) is 5.91 Å². The average molecular weight is 403 g/mol. The molecule has 152 valence electrons. The molecule has 1 amide bonds. The molecule has 1 aliphatic heterocycles. The van der Waals surface area contributed by atoms with E-state index in [4.69, 9.17) is 11.6 Å². The van der Waals surface area contributed by atoms with Crippen LogP contribution in [0.15, 0.2) is 24.3 Å². The lowest BCUT2D eigenvalue weighted by atomic mass is 9.47. The summed E-state index contributed by atoms with van der Waals surface area (Å²) in [6.45, 7) is 2.96. The minimum Gasteiger partial charge on any atom is -0.390 e. The molecule has 1 saturated heterocycles. The van der Waals surface area contributed by atoms with Gasteiger partial charge >= 0.3 is 0 Å².